The molecule has 3 aliphatic rings. The summed E-state index contributed by atoms with van der Waals surface area (Å²) in [5.41, 5.74) is 0. The lowest BCUT2D eigenvalue weighted by molar-refractivity contribution is -0.143. The van der Waals surface area contributed by atoms with Gasteiger partial charge in [0.2, 0.25) is 41.4 Å². The first kappa shape index (κ1) is 42.7. The number of hydrogen-bond donors (Lipinski definition) is 5. The van der Waals surface area contributed by atoms with Crippen LogP contribution in [-0.2, 0) is 33.6 Å². The monoisotopic (exact) mass is 731 g/mol. The van der Waals surface area contributed by atoms with Gasteiger partial charge in [0.15, 0.2) is 0 Å². The van der Waals surface area contributed by atoms with Crippen LogP contribution in [0, 0.1) is 23.7 Å². The van der Waals surface area contributed by atoms with E-state index in [0.29, 0.717) is 38.8 Å². The lowest BCUT2D eigenvalue weighted by atomic mass is 9.97. The summed E-state index contributed by atoms with van der Waals surface area (Å²) in [6, 6.07) is -6.03. The first-order valence-electron chi connectivity index (χ1n) is 19.6. The van der Waals surface area contributed by atoms with Crippen LogP contribution in [0.5, 0.6) is 0 Å². The van der Waals surface area contributed by atoms with Crippen molar-refractivity contribution in [2.75, 3.05) is 19.6 Å². The molecule has 3 heterocycles. The first-order valence-corrected chi connectivity index (χ1v) is 19.6. The number of nitrogens with one attached hydrogen (secondary N) is 5. The predicted molar refractivity (Wildman–Crippen MR) is 197 cm³/mol. The van der Waals surface area contributed by atoms with Crippen LogP contribution in [0.15, 0.2) is 0 Å². The van der Waals surface area contributed by atoms with E-state index in [9.17, 15) is 33.6 Å². The summed E-state index contributed by atoms with van der Waals surface area (Å²) in [5, 5.41) is 14.3. The van der Waals surface area contributed by atoms with Crippen molar-refractivity contribution in [3.8, 4) is 0 Å². The molecule has 0 aliphatic carbocycles. The quantitative estimate of drug-likeness (QED) is 0.215. The van der Waals surface area contributed by atoms with E-state index in [2.05, 4.69) is 26.6 Å². The summed E-state index contributed by atoms with van der Waals surface area (Å²) in [4.78, 5) is 100. The van der Waals surface area contributed by atoms with Crippen molar-refractivity contribution in [3.05, 3.63) is 0 Å². The minimum atomic E-state index is -1.13. The van der Waals surface area contributed by atoms with Crippen LogP contribution in [0.3, 0.4) is 0 Å². The van der Waals surface area contributed by atoms with E-state index < -0.39 is 71.7 Å². The molecule has 5 N–H and O–H groups in total. The molecule has 14 nitrogen and oxygen atoms in total. The van der Waals surface area contributed by atoms with Crippen LogP contribution >= 0.6 is 0 Å². The van der Waals surface area contributed by atoms with Crippen LogP contribution in [0.1, 0.15) is 120 Å². The molecule has 3 aliphatic heterocycles. The molecular weight excluding hydrogens is 666 g/mol. The molecule has 0 spiro atoms. The van der Waals surface area contributed by atoms with Crippen molar-refractivity contribution >= 4 is 41.4 Å². The third-order valence-corrected chi connectivity index (χ3v) is 9.92. The fourth-order valence-electron chi connectivity index (χ4n) is 7.32. The van der Waals surface area contributed by atoms with Gasteiger partial charge in [-0.15, -0.1) is 0 Å². The Bertz CT molecular complexity index is 1280. The lowest BCUT2D eigenvalue weighted by Crippen LogP contribution is -2.61. The first-order chi connectivity index (χ1) is 24.5. The van der Waals surface area contributed by atoms with Gasteiger partial charge in [-0.2, -0.15) is 0 Å². The van der Waals surface area contributed by atoms with Gasteiger partial charge in [-0.3, -0.25) is 33.6 Å². The summed E-state index contributed by atoms with van der Waals surface area (Å²) < 4.78 is 0. The van der Waals surface area contributed by atoms with E-state index in [0.717, 1.165) is 12.8 Å². The molecule has 294 valence electrons. The number of hydrogen-bond acceptors (Lipinski definition) is 7. The van der Waals surface area contributed by atoms with Crippen LogP contribution in [0.2, 0.25) is 0 Å². The molecule has 3 saturated heterocycles. The number of amides is 7. The van der Waals surface area contributed by atoms with Crippen molar-refractivity contribution in [1.29, 1.82) is 0 Å². The fraction of sp³-hybridized carbons (Fsp3) is 0.816. The third-order valence-electron chi connectivity index (χ3n) is 9.92. The smallest absolute Gasteiger partial charge is 0.245 e. The molecule has 7 amide bonds. The molecule has 52 heavy (non-hydrogen) atoms. The Morgan fingerprint density at radius 1 is 0.538 bits per heavy atom. The van der Waals surface area contributed by atoms with Crippen LogP contribution in [-0.4, -0.2) is 107 Å². The summed E-state index contributed by atoms with van der Waals surface area (Å²) in [7, 11) is 0. The van der Waals surface area contributed by atoms with E-state index in [1.54, 1.807) is 4.90 Å². The van der Waals surface area contributed by atoms with Crippen LogP contribution < -0.4 is 26.6 Å². The van der Waals surface area contributed by atoms with Crippen LogP contribution in [0.25, 0.3) is 0 Å². The topological polar surface area (TPSA) is 186 Å². The highest BCUT2D eigenvalue weighted by Crippen LogP contribution is 2.22. The van der Waals surface area contributed by atoms with Gasteiger partial charge in [0.05, 0.1) is 0 Å². The van der Waals surface area contributed by atoms with E-state index in [4.69, 9.17) is 0 Å². The molecule has 0 radical (unpaired) electrons. The summed E-state index contributed by atoms with van der Waals surface area (Å²) in [5.74, 6) is -3.24. The number of rotatable bonds is 11. The van der Waals surface area contributed by atoms with Crippen molar-refractivity contribution in [1.82, 2.24) is 36.4 Å². The van der Waals surface area contributed by atoms with Crippen molar-refractivity contribution in [2.45, 2.75) is 156 Å². The number of fused-ring (bicyclic) bond motifs is 1. The Labute approximate surface area is 310 Å². The SMILES string of the molecule is CC(C)CC1NC(=O)[C@H]2CCCN2C(=O)C(CCC(=O)N2CCCC2)NC(=O)[C@H](CC(C)C)NC(=O)[C@@H](CC(C)C)NC(=O)[C@H](CC(C)C)NC1=O. The van der Waals surface area contributed by atoms with Gasteiger partial charge in [0.25, 0.3) is 0 Å². The van der Waals surface area contributed by atoms with E-state index >= 15 is 0 Å². The van der Waals surface area contributed by atoms with E-state index in [1.165, 1.54) is 4.90 Å². The minimum absolute atomic E-state index is 0.00129. The van der Waals surface area contributed by atoms with Gasteiger partial charge in [-0.25, -0.2) is 0 Å². The molecule has 2 unspecified atom stereocenters. The minimum Gasteiger partial charge on any atom is -0.343 e. The number of carbonyl (C=O) groups excluding carboxylic acids is 7. The Balaban J connectivity index is 2.06. The Hall–Kier alpha value is -3.71. The number of likely N-dealkylation sites (tertiary alicyclic amines) is 1. The van der Waals surface area contributed by atoms with Gasteiger partial charge >= 0.3 is 0 Å². The van der Waals surface area contributed by atoms with Gasteiger partial charge in [-0.05, 0) is 81.5 Å². The molecule has 3 fully saturated rings. The van der Waals surface area contributed by atoms with Crippen molar-refractivity contribution in [3.63, 3.8) is 0 Å². The van der Waals surface area contributed by atoms with E-state index in [-0.39, 0.29) is 61.8 Å². The highest BCUT2D eigenvalue weighted by Gasteiger charge is 2.41. The average molecular weight is 732 g/mol. The maximum absolute atomic E-state index is 14.3. The molecule has 0 saturated carbocycles. The maximum atomic E-state index is 14.3. The fourth-order valence-corrected chi connectivity index (χ4v) is 7.32. The van der Waals surface area contributed by atoms with Gasteiger partial charge in [0, 0.05) is 26.1 Å². The highest BCUT2D eigenvalue weighted by atomic mass is 16.2. The average Bonchev–Trinajstić information content (AvgIpc) is 3.77. The number of nitrogens with zero attached hydrogens (tertiary/aromatic N) is 2. The summed E-state index contributed by atoms with van der Waals surface area (Å²) in [6.07, 6.45) is 3.90. The summed E-state index contributed by atoms with van der Waals surface area (Å²) in [6.45, 7) is 16.9. The lowest BCUT2D eigenvalue weighted by Gasteiger charge is -2.32. The summed E-state index contributed by atoms with van der Waals surface area (Å²) >= 11 is 0. The highest BCUT2D eigenvalue weighted by molar-refractivity contribution is 5.98. The largest absolute Gasteiger partial charge is 0.343 e. The second-order valence-electron chi connectivity index (χ2n) is 16.6. The zero-order valence-corrected chi connectivity index (χ0v) is 32.7. The zero-order valence-electron chi connectivity index (χ0n) is 32.7. The Kier molecular flexibility index (Phi) is 16.4. The van der Waals surface area contributed by atoms with Gasteiger partial charge in [0.1, 0.15) is 36.3 Å². The van der Waals surface area contributed by atoms with Gasteiger partial charge in [-0.1, -0.05) is 55.4 Å². The predicted octanol–water partition coefficient (Wildman–Crippen LogP) is 2.00. The molecule has 14 heteroatoms. The number of carbonyl (C=O) groups is 7. The molecule has 6 atom stereocenters. The third kappa shape index (κ3) is 12.8. The molecule has 3 rings (SSSR count). The molecule has 0 bridgehead atoms. The molecule has 0 aromatic rings. The van der Waals surface area contributed by atoms with Crippen molar-refractivity contribution < 1.29 is 33.6 Å². The second-order valence-corrected chi connectivity index (χ2v) is 16.6. The maximum Gasteiger partial charge on any atom is 0.245 e. The van der Waals surface area contributed by atoms with Gasteiger partial charge < -0.3 is 36.4 Å². The zero-order chi connectivity index (χ0) is 38.7. The second kappa shape index (κ2) is 19.9. The normalized spacial score (nSPS) is 27.3. The van der Waals surface area contributed by atoms with E-state index in [1.807, 2.05) is 55.4 Å². The Morgan fingerprint density at radius 3 is 1.29 bits per heavy atom. The standard InChI is InChI=1S/C38H65N7O7/c1-22(2)18-27-33(47)39-26(13-14-32(46)44-15-9-10-16-44)38(52)45-17-11-12-31(45)37(51)43-30(21-25(7)8)36(50)42-29(20-24(5)6)35(49)41-28(19-23(3)4)34(48)40-27/h22-31H,9-21H2,1-8H3,(H,39,47)(H,40,48)(H,41,49)(H,42,50)(H,43,51)/t26?,27-,28+,29-,30?,31+/m0/s1. The molecule has 0 aromatic heterocycles. The molecular formula is C38H65N7O7. The molecule has 0 aromatic carbocycles. The van der Waals surface area contributed by atoms with Crippen molar-refractivity contribution in [2.24, 2.45) is 23.7 Å². The Morgan fingerprint density at radius 2 is 0.904 bits per heavy atom. The van der Waals surface area contributed by atoms with Crippen LogP contribution in [0.4, 0.5) is 0 Å².